The van der Waals surface area contributed by atoms with Gasteiger partial charge in [0.15, 0.2) is 5.78 Å². The summed E-state index contributed by atoms with van der Waals surface area (Å²) in [5.74, 6) is -0.468. The van der Waals surface area contributed by atoms with E-state index in [-0.39, 0.29) is 23.8 Å². The topological polar surface area (TPSA) is 55.4 Å². The van der Waals surface area contributed by atoms with Gasteiger partial charge in [-0.05, 0) is 79.7 Å². The predicted octanol–water partition coefficient (Wildman–Crippen LogP) is 4.74. The number of ether oxygens (including phenoxy) is 1. The van der Waals surface area contributed by atoms with Crippen LogP contribution >= 0.6 is 22.6 Å². The van der Waals surface area contributed by atoms with Crippen molar-refractivity contribution in [3.63, 3.8) is 0 Å². The number of esters is 1. The van der Waals surface area contributed by atoms with Crippen molar-refractivity contribution in [1.29, 1.82) is 0 Å². The molecule has 1 N–H and O–H groups in total. The molecule has 1 saturated carbocycles. The third-order valence-electron chi connectivity index (χ3n) is 5.79. The zero-order chi connectivity index (χ0) is 19.0. The summed E-state index contributed by atoms with van der Waals surface area (Å²) in [7, 11) is 0. The van der Waals surface area contributed by atoms with Crippen molar-refractivity contribution in [2.24, 2.45) is 0 Å². The van der Waals surface area contributed by atoms with Gasteiger partial charge in [0, 0.05) is 32.9 Å². The van der Waals surface area contributed by atoms with Gasteiger partial charge in [0.1, 0.15) is 6.10 Å². The average molecular weight is 477 g/mol. The van der Waals surface area contributed by atoms with E-state index >= 15 is 0 Å². The van der Waals surface area contributed by atoms with E-state index in [2.05, 4.69) is 27.9 Å². The van der Waals surface area contributed by atoms with E-state index in [0.29, 0.717) is 12.0 Å². The van der Waals surface area contributed by atoms with E-state index in [1.165, 1.54) is 0 Å². The summed E-state index contributed by atoms with van der Waals surface area (Å²) in [4.78, 5) is 26.1. The summed E-state index contributed by atoms with van der Waals surface area (Å²) in [5.41, 5.74) is 4.16. The van der Waals surface area contributed by atoms with Crippen LogP contribution in [0.2, 0.25) is 0 Å². The number of hydrogen-bond acceptors (Lipinski definition) is 4. The van der Waals surface area contributed by atoms with Crippen LogP contribution in [0.4, 0.5) is 0 Å². The number of carbonyl (C=O) groups is 2. The Balaban J connectivity index is 1.78. The summed E-state index contributed by atoms with van der Waals surface area (Å²) in [5, 5.41) is 3.36. The molecule has 1 heterocycles. The van der Waals surface area contributed by atoms with Gasteiger partial charge in [-0.15, -0.1) is 0 Å². The lowest BCUT2D eigenvalue weighted by Crippen LogP contribution is -2.35. The molecule has 1 aromatic rings. The Morgan fingerprint density at radius 3 is 2.63 bits per heavy atom. The fraction of sp³-hybridized carbons (Fsp3) is 0.455. The fourth-order valence-corrected chi connectivity index (χ4v) is 5.19. The second-order valence-electron chi connectivity index (χ2n) is 7.60. The van der Waals surface area contributed by atoms with E-state index in [0.717, 1.165) is 64.6 Å². The Kier molecular flexibility index (Phi) is 5.39. The monoisotopic (exact) mass is 477 g/mol. The number of allylic oxidation sites excluding steroid dienone is 3. The smallest absolute Gasteiger partial charge is 0.337 e. The number of halogens is 1. The third-order valence-corrected chi connectivity index (χ3v) is 6.77. The molecule has 0 amide bonds. The van der Waals surface area contributed by atoms with Gasteiger partial charge in [-0.1, -0.05) is 18.2 Å². The first-order chi connectivity index (χ1) is 13.1. The fourth-order valence-electron chi connectivity index (χ4n) is 4.50. The molecule has 5 heteroatoms. The molecular formula is C22H24INO3. The lowest BCUT2D eigenvalue weighted by atomic mass is 9.75. The molecular weight excluding hydrogens is 453 g/mol. The number of ketones is 1. The highest BCUT2D eigenvalue weighted by Crippen LogP contribution is 2.44. The normalized spacial score (nSPS) is 23.3. The molecule has 142 valence electrons. The number of benzene rings is 1. The Labute approximate surface area is 173 Å². The Morgan fingerprint density at radius 1 is 1.15 bits per heavy atom. The molecule has 4 nitrogen and oxygen atoms in total. The van der Waals surface area contributed by atoms with E-state index in [1.807, 2.05) is 31.2 Å². The minimum atomic E-state index is -0.337. The average Bonchev–Trinajstić information content (AvgIpc) is 3.14. The van der Waals surface area contributed by atoms with Gasteiger partial charge >= 0.3 is 5.97 Å². The van der Waals surface area contributed by atoms with Crippen LogP contribution in [0, 0.1) is 3.57 Å². The molecule has 0 aromatic heterocycles. The van der Waals surface area contributed by atoms with E-state index in [9.17, 15) is 9.59 Å². The zero-order valence-corrected chi connectivity index (χ0v) is 17.7. The number of rotatable bonds is 3. The maximum absolute atomic E-state index is 13.2. The van der Waals surface area contributed by atoms with E-state index in [1.54, 1.807) is 0 Å². The van der Waals surface area contributed by atoms with Crippen LogP contribution in [-0.4, -0.2) is 17.9 Å². The molecule has 1 atom stereocenters. The Morgan fingerprint density at radius 2 is 1.89 bits per heavy atom. The molecule has 0 saturated heterocycles. The van der Waals surface area contributed by atoms with Crippen molar-refractivity contribution >= 4 is 34.3 Å². The largest absolute Gasteiger partial charge is 0.459 e. The molecule has 27 heavy (non-hydrogen) atoms. The van der Waals surface area contributed by atoms with Crippen molar-refractivity contribution in [3.8, 4) is 0 Å². The molecule has 2 aliphatic carbocycles. The second kappa shape index (κ2) is 7.78. The van der Waals surface area contributed by atoms with Crippen molar-refractivity contribution in [2.75, 3.05) is 0 Å². The van der Waals surface area contributed by atoms with Crippen molar-refractivity contribution < 1.29 is 14.3 Å². The summed E-state index contributed by atoms with van der Waals surface area (Å²) in [6.07, 6.45) is 6.36. The second-order valence-corrected chi connectivity index (χ2v) is 8.76. The molecule has 0 radical (unpaired) electrons. The molecule has 1 aliphatic heterocycles. The quantitative estimate of drug-likeness (QED) is 0.505. The number of carbonyl (C=O) groups excluding carboxylic acids is 2. The van der Waals surface area contributed by atoms with Crippen LogP contribution in [0.1, 0.15) is 63.4 Å². The minimum absolute atomic E-state index is 0.00530. The molecule has 1 unspecified atom stereocenters. The minimum Gasteiger partial charge on any atom is -0.459 e. The van der Waals surface area contributed by atoms with Crippen LogP contribution in [-0.2, 0) is 14.3 Å². The number of Topliss-reactive ketones (excluding diaryl/α,β-unsaturated/α-hetero) is 1. The van der Waals surface area contributed by atoms with Crippen molar-refractivity contribution in [2.45, 2.75) is 63.9 Å². The predicted molar refractivity (Wildman–Crippen MR) is 112 cm³/mol. The Hall–Kier alpha value is -1.63. The summed E-state index contributed by atoms with van der Waals surface area (Å²) < 4.78 is 6.92. The van der Waals surface area contributed by atoms with Crippen LogP contribution in [0.5, 0.6) is 0 Å². The Bertz CT molecular complexity index is 849. The number of hydrogen-bond donors (Lipinski definition) is 1. The highest BCUT2D eigenvalue weighted by molar-refractivity contribution is 14.1. The lowest BCUT2D eigenvalue weighted by molar-refractivity contribution is -0.144. The third kappa shape index (κ3) is 3.58. The van der Waals surface area contributed by atoms with Gasteiger partial charge in [0.25, 0.3) is 0 Å². The highest BCUT2D eigenvalue weighted by atomic mass is 127. The van der Waals surface area contributed by atoms with Gasteiger partial charge in [-0.3, -0.25) is 4.79 Å². The van der Waals surface area contributed by atoms with E-state index < -0.39 is 0 Å². The molecule has 3 aliphatic rings. The number of nitrogens with one attached hydrogen (secondary N) is 1. The molecule has 4 rings (SSSR count). The maximum Gasteiger partial charge on any atom is 0.337 e. The first kappa shape index (κ1) is 18.7. The SMILES string of the molecule is CC1=C(C(=O)OC2CCCC2)C(c2ccccc2I)C2=C(CCCC2=O)N1. The lowest BCUT2D eigenvalue weighted by Gasteiger charge is -2.34. The maximum atomic E-state index is 13.2. The molecule has 1 fully saturated rings. The van der Waals surface area contributed by atoms with Gasteiger partial charge in [-0.2, -0.15) is 0 Å². The first-order valence-electron chi connectivity index (χ1n) is 9.75. The van der Waals surface area contributed by atoms with Crippen molar-refractivity contribution in [3.05, 3.63) is 55.9 Å². The number of dihydropyridines is 1. The standard InChI is InChI=1S/C22H24INO3/c1-13-19(22(26)27-14-7-2-3-8-14)20(15-9-4-5-10-16(15)23)21-17(24-13)11-6-12-18(21)25/h4-5,9-10,14,20,24H,2-3,6-8,11-12H2,1H3. The van der Waals surface area contributed by atoms with Crippen LogP contribution in [0.25, 0.3) is 0 Å². The highest BCUT2D eigenvalue weighted by Gasteiger charge is 2.40. The zero-order valence-electron chi connectivity index (χ0n) is 15.5. The van der Waals surface area contributed by atoms with Crippen molar-refractivity contribution in [1.82, 2.24) is 5.32 Å². The van der Waals surface area contributed by atoms with Gasteiger partial charge in [-0.25, -0.2) is 4.79 Å². The van der Waals surface area contributed by atoms with Crippen LogP contribution < -0.4 is 5.32 Å². The van der Waals surface area contributed by atoms with Gasteiger partial charge < -0.3 is 10.1 Å². The molecule has 0 spiro atoms. The van der Waals surface area contributed by atoms with Gasteiger partial charge in [0.05, 0.1) is 5.57 Å². The summed E-state index contributed by atoms with van der Waals surface area (Å²) >= 11 is 2.29. The summed E-state index contributed by atoms with van der Waals surface area (Å²) in [6.45, 7) is 1.93. The van der Waals surface area contributed by atoms with Crippen LogP contribution in [0.15, 0.2) is 46.8 Å². The van der Waals surface area contributed by atoms with Gasteiger partial charge in [0.2, 0.25) is 0 Å². The first-order valence-corrected chi connectivity index (χ1v) is 10.8. The summed E-state index contributed by atoms with van der Waals surface area (Å²) in [6, 6.07) is 8.01. The van der Waals surface area contributed by atoms with Crippen LogP contribution in [0.3, 0.4) is 0 Å². The molecule has 0 bridgehead atoms. The van der Waals surface area contributed by atoms with E-state index in [4.69, 9.17) is 4.74 Å². The molecule has 1 aromatic carbocycles.